The molecule has 3 aromatic carbocycles. The molecule has 3 aromatic rings. The highest BCUT2D eigenvalue weighted by molar-refractivity contribution is 5.85. The fraction of sp³-hybridized carbons (Fsp3) is 0.231. The van der Waals surface area contributed by atoms with Crippen molar-refractivity contribution in [3.8, 4) is 0 Å². The molecule has 0 saturated heterocycles. The topological polar surface area (TPSA) is 52.6 Å². The van der Waals surface area contributed by atoms with Gasteiger partial charge in [-0.3, -0.25) is 4.79 Å². The van der Waals surface area contributed by atoms with Crippen LogP contribution >= 0.6 is 0 Å². The molecular weight excluding hydrogens is 376 g/mol. The van der Waals surface area contributed by atoms with Crippen LogP contribution in [0.1, 0.15) is 36.5 Å². The summed E-state index contributed by atoms with van der Waals surface area (Å²) in [6.07, 6.45) is -0.976. The third kappa shape index (κ3) is 5.57. The lowest BCUT2D eigenvalue weighted by Gasteiger charge is -2.24. The van der Waals surface area contributed by atoms with Gasteiger partial charge in [-0.15, -0.1) is 0 Å². The second-order valence-electron chi connectivity index (χ2n) is 7.45. The Balaban J connectivity index is 1.77. The Labute approximate surface area is 177 Å². The van der Waals surface area contributed by atoms with Crippen LogP contribution in [0.4, 0.5) is 0 Å². The van der Waals surface area contributed by atoms with Crippen LogP contribution in [0, 0.1) is 5.92 Å². The first-order valence-corrected chi connectivity index (χ1v) is 10.1. The third-order valence-electron chi connectivity index (χ3n) is 4.81. The van der Waals surface area contributed by atoms with Gasteiger partial charge in [0.1, 0.15) is 12.5 Å². The van der Waals surface area contributed by atoms with Crippen molar-refractivity contribution in [3.05, 3.63) is 108 Å². The summed E-state index contributed by atoms with van der Waals surface area (Å²) in [5, 5.41) is 0. The molecule has 0 aliphatic heterocycles. The van der Waals surface area contributed by atoms with E-state index in [0.717, 1.165) is 16.7 Å². The van der Waals surface area contributed by atoms with E-state index in [1.54, 1.807) is 0 Å². The third-order valence-corrected chi connectivity index (χ3v) is 4.81. The van der Waals surface area contributed by atoms with Gasteiger partial charge in [0.25, 0.3) is 0 Å². The second-order valence-corrected chi connectivity index (χ2v) is 7.45. The smallest absolute Gasteiger partial charge is 0.348 e. The first kappa shape index (κ1) is 21.3. The molecule has 3 rings (SSSR count). The maximum Gasteiger partial charge on any atom is 0.348 e. The molecular formula is C26H26O4. The number of hydrogen-bond acceptors (Lipinski definition) is 4. The zero-order valence-electron chi connectivity index (χ0n) is 17.2. The fourth-order valence-corrected chi connectivity index (χ4v) is 3.22. The first-order chi connectivity index (χ1) is 14.6. The Morgan fingerprint density at radius 2 is 1.17 bits per heavy atom. The molecule has 0 amide bonds. The van der Waals surface area contributed by atoms with Crippen molar-refractivity contribution in [2.45, 2.75) is 32.5 Å². The number of hydrogen-bond donors (Lipinski definition) is 0. The summed E-state index contributed by atoms with van der Waals surface area (Å²) in [4.78, 5) is 25.9. The van der Waals surface area contributed by atoms with Crippen molar-refractivity contribution in [2.75, 3.05) is 0 Å². The van der Waals surface area contributed by atoms with Crippen LogP contribution in [0.3, 0.4) is 0 Å². The molecule has 0 aliphatic rings. The van der Waals surface area contributed by atoms with Gasteiger partial charge >= 0.3 is 11.9 Å². The predicted molar refractivity (Wildman–Crippen MR) is 116 cm³/mol. The average Bonchev–Trinajstić information content (AvgIpc) is 2.78. The highest BCUT2D eigenvalue weighted by Gasteiger charge is 2.32. The van der Waals surface area contributed by atoms with E-state index >= 15 is 0 Å². The van der Waals surface area contributed by atoms with Crippen LogP contribution in [0.2, 0.25) is 0 Å². The van der Waals surface area contributed by atoms with E-state index in [2.05, 4.69) is 0 Å². The summed E-state index contributed by atoms with van der Waals surface area (Å²) < 4.78 is 11.1. The molecule has 0 fully saturated rings. The zero-order valence-corrected chi connectivity index (χ0v) is 17.2. The Hall–Kier alpha value is -3.40. The molecule has 0 radical (unpaired) electrons. The van der Waals surface area contributed by atoms with Crippen molar-refractivity contribution < 1.29 is 19.1 Å². The molecule has 30 heavy (non-hydrogen) atoms. The minimum Gasteiger partial charge on any atom is -0.458 e. The van der Waals surface area contributed by atoms with Crippen LogP contribution in [0.15, 0.2) is 91.0 Å². The molecule has 0 aliphatic carbocycles. The van der Waals surface area contributed by atoms with Crippen LogP contribution in [0.25, 0.3) is 0 Å². The highest BCUT2D eigenvalue weighted by atomic mass is 16.6. The molecule has 1 atom stereocenters. The Morgan fingerprint density at radius 3 is 1.63 bits per heavy atom. The zero-order chi connectivity index (χ0) is 21.3. The Morgan fingerprint density at radius 1 is 0.700 bits per heavy atom. The summed E-state index contributed by atoms with van der Waals surface area (Å²) >= 11 is 0. The standard InChI is InChI=1S/C26H26O4/c1-19(2)24(26(28)29-18-20-12-6-3-7-13-20)30-25(27)23(21-14-8-4-9-15-21)22-16-10-5-11-17-22/h3-17,19,23-24H,18H2,1-2H3/t24-/m1/s1. The van der Waals surface area contributed by atoms with E-state index in [0.29, 0.717) is 0 Å². The van der Waals surface area contributed by atoms with Crippen molar-refractivity contribution in [1.29, 1.82) is 0 Å². The summed E-state index contributed by atoms with van der Waals surface area (Å²) in [5.41, 5.74) is 2.51. The van der Waals surface area contributed by atoms with E-state index in [1.807, 2.05) is 105 Å². The highest BCUT2D eigenvalue weighted by Crippen LogP contribution is 2.27. The summed E-state index contributed by atoms with van der Waals surface area (Å²) in [6.45, 7) is 3.81. The van der Waals surface area contributed by atoms with Crippen molar-refractivity contribution in [2.24, 2.45) is 5.92 Å². The van der Waals surface area contributed by atoms with Gasteiger partial charge in [-0.1, -0.05) is 105 Å². The molecule has 154 valence electrons. The number of benzene rings is 3. The number of esters is 2. The van der Waals surface area contributed by atoms with E-state index in [-0.39, 0.29) is 12.5 Å². The maximum absolute atomic E-state index is 13.2. The summed E-state index contributed by atoms with van der Waals surface area (Å²) in [7, 11) is 0. The van der Waals surface area contributed by atoms with Crippen LogP contribution in [0.5, 0.6) is 0 Å². The van der Waals surface area contributed by atoms with Gasteiger partial charge in [0.15, 0.2) is 0 Å². The van der Waals surface area contributed by atoms with Gasteiger partial charge in [0.2, 0.25) is 6.10 Å². The number of carbonyl (C=O) groups is 2. The number of rotatable bonds is 8. The minimum absolute atomic E-state index is 0.140. The van der Waals surface area contributed by atoms with Crippen LogP contribution in [-0.2, 0) is 25.7 Å². The summed E-state index contributed by atoms with van der Waals surface area (Å²) in [6, 6.07) is 28.3. The average molecular weight is 402 g/mol. The van der Waals surface area contributed by atoms with E-state index in [9.17, 15) is 9.59 Å². The van der Waals surface area contributed by atoms with Gasteiger partial charge < -0.3 is 9.47 Å². The molecule has 0 aromatic heterocycles. The minimum atomic E-state index is -0.976. The number of ether oxygens (including phenoxy) is 2. The molecule has 4 heteroatoms. The van der Waals surface area contributed by atoms with Crippen molar-refractivity contribution in [3.63, 3.8) is 0 Å². The molecule has 0 heterocycles. The van der Waals surface area contributed by atoms with Gasteiger partial charge in [-0.05, 0) is 16.7 Å². The van der Waals surface area contributed by atoms with Crippen LogP contribution < -0.4 is 0 Å². The number of carbonyl (C=O) groups excluding carboxylic acids is 2. The summed E-state index contributed by atoms with van der Waals surface area (Å²) in [5.74, 6) is -1.84. The molecule has 0 unspecified atom stereocenters. The van der Waals surface area contributed by atoms with Crippen molar-refractivity contribution >= 4 is 11.9 Å². The van der Waals surface area contributed by atoms with Gasteiger partial charge in [-0.2, -0.15) is 0 Å². The molecule has 0 N–H and O–H groups in total. The lowest BCUT2D eigenvalue weighted by atomic mass is 9.91. The molecule has 0 bridgehead atoms. The van der Waals surface area contributed by atoms with E-state index < -0.39 is 24.0 Å². The van der Waals surface area contributed by atoms with E-state index in [4.69, 9.17) is 9.47 Å². The molecule has 0 saturated carbocycles. The van der Waals surface area contributed by atoms with E-state index in [1.165, 1.54) is 0 Å². The van der Waals surface area contributed by atoms with Gasteiger partial charge in [0, 0.05) is 5.92 Å². The second kappa shape index (κ2) is 10.4. The lowest BCUT2D eigenvalue weighted by molar-refractivity contribution is -0.172. The largest absolute Gasteiger partial charge is 0.458 e. The van der Waals surface area contributed by atoms with Gasteiger partial charge in [-0.25, -0.2) is 4.79 Å². The quantitative estimate of drug-likeness (QED) is 0.490. The predicted octanol–water partition coefficient (Wildman–Crippen LogP) is 5.13. The first-order valence-electron chi connectivity index (χ1n) is 10.1. The molecule has 0 spiro atoms. The van der Waals surface area contributed by atoms with Crippen LogP contribution in [-0.4, -0.2) is 18.0 Å². The van der Waals surface area contributed by atoms with Gasteiger partial charge in [0.05, 0.1) is 0 Å². The SMILES string of the molecule is CC(C)[C@@H](OC(=O)C(c1ccccc1)c1ccccc1)C(=O)OCc1ccccc1. The monoisotopic (exact) mass is 402 g/mol. The Kier molecular flexibility index (Phi) is 7.39. The fourth-order valence-electron chi connectivity index (χ4n) is 3.22. The lowest BCUT2D eigenvalue weighted by Crippen LogP contribution is -2.35. The Bertz CT molecular complexity index is 897. The molecule has 4 nitrogen and oxygen atoms in total. The van der Waals surface area contributed by atoms with Crippen molar-refractivity contribution in [1.82, 2.24) is 0 Å². The maximum atomic E-state index is 13.2. The normalized spacial score (nSPS) is 11.9.